The second kappa shape index (κ2) is 8.41. The number of carbonyl (C=O) groups excluding carboxylic acids is 1. The van der Waals surface area contributed by atoms with Gasteiger partial charge in [-0.2, -0.15) is 45.3 Å². The van der Waals surface area contributed by atoms with E-state index in [1.165, 1.54) is 6.07 Å². The van der Waals surface area contributed by atoms with Gasteiger partial charge in [-0.05, 0) is 18.9 Å². The van der Waals surface area contributed by atoms with Crippen molar-refractivity contribution in [1.29, 1.82) is 0 Å². The number of carboxylic acid groups (broad SMARTS) is 1. The number of carbonyl (C=O) groups is 2. The van der Waals surface area contributed by atoms with E-state index in [-0.39, 0.29) is 37.9 Å². The highest BCUT2D eigenvalue weighted by Gasteiger charge is 2.64. The number of hydrogen-bond acceptors (Lipinski definition) is 5. The normalized spacial score (nSPS) is 15.6. The molecule has 8 nitrogen and oxygen atoms in total. The molecule has 1 amide bonds. The Balaban J connectivity index is 1.73. The molecule has 4 rings (SSSR count). The maximum Gasteiger partial charge on any atom is 0.459 e. The number of carboxylic acids is 1. The van der Waals surface area contributed by atoms with Crippen LogP contribution >= 0.6 is 22.9 Å². The van der Waals surface area contributed by atoms with Crippen molar-refractivity contribution in [3.05, 3.63) is 39.6 Å². The van der Waals surface area contributed by atoms with Crippen LogP contribution in [-0.4, -0.2) is 48.3 Å². The van der Waals surface area contributed by atoms with Crippen LogP contribution < -0.4 is 5.32 Å². The summed E-state index contributed by atoms with van der Waals surface area (Å²) in [5.41, 5.74) is -6.39. The highest BCUT2D eigenvalue weighted by atomic mass is 35.5. The molecule has 0 aromatic carbocycles. The molecule has 1 fully saturated rings. The zero-order chi connectivity index (χ0) is 27.7. The quantitative estimate of drug-likeness (QED) is 0.401. The number of hydrogen-bond donors (Lipinski definition) is 2. The molecular formula is C19H12ClF8N5O3S. The molecule has 0 atom stereocenters. The summed E-state index contributed by atoms with van der Waals surface area (Å²) >= 11 is 6.86. The van der Waals surface area contributed by atoms with Gasteiger partial charge in [0, 0.05) is 23.7 Å². The Bertz CT molecular complexity index is 1400. The van der Waals surface area contributed by atoms with Crippen LogP contribution in [-0.2, 0) is 23.9 Å². The third-order valence-electron chi connectivity index (χ3n) is 5.48. The highest BCUT2D eigenvalue weighted by Crippen LogP contribution is 2.49. The Morgan fingerprint density at radius 3 is 2.30 bits per heavy atom. The summed E-state index contributed by atoms with van der Waals surface area (Å²) in [7, 11) is 0.739. The molecule has 1 aliphatic carbocycles. The van der Waals surface area contributed by atoms with Gasteiger partial charge in [0.05, 0.1) is 11.8 Å². The number of amides is 1. The smallest absolute Gasteiger partial charge is 0.459 e. The first kappa shape index (κ1) is 26.8. The second-order valence-electron chi connectivity index (χ2n) is 8.05. The van der Waals surface area contributed by atoms with Crippen molar-refractivity contribution < 1.29 is 49.8 Å². The van der Waals surface area contributed by atoms with E-state index in [0.29, 0.717) is 4.68 Å². The standard InChI is InChI=1S/C19H12ClF8N5O3S/c1-32-14(10(18(23,24)25)11(31-32)17(21,22)19(26,27)28)33-6-7(5-29-33)9-4-8(12(20)37-9)13(34)30-16(2-3-16)15(35)36/h4-6H,2-3H2,1H3,(H,30,34)(H,35,36). The van der Waals surface area contributed by atoms with Gasteiger partial charge in [-0.3, -0.25) is 4.79 Å². The molecule has 0 spiro atoms. The van der Waals surface area contributed by atoms with Gasteiger partial charge in [0.25, 0.3) is 5.91 Å². The molecule has 3 heterocycles. The van der Waals surface area contributed by atoms with Crippen LogP contribution in [0.1, 0.15) is 34.5 Å². The van der Waals surface area contributed by atoms with Crippen LogP contribution in [0.25, 0.3) is 16.3 Å². The minimum atomic E-state index is -6.35. The van der Waals surface area contributed by atoms with Crippen molar-refractivity contribution in [3.8, 4) is 16.3 Å². The number of nitrogens with one attached hydrogen (secondary N) is 1. The third kappa shape index (κ3) is 4.54. The zero-order valence-electron chi connectivity index (χ0n) is 18.0. The Hall–Kier alpha value is -3.21. The van der Waals surface area contributed by atoms with Crippen LogP contribution in [0, 0.1) is 0 Å². The van der Waals surface area contributed by atoms with Gasteiger partial charge in [0.15, 0.2) is 11.5 Å². The zero-order valence-corrected chi connectivity index (χ0v) is 19.6. The Morgan fingerprint density at radius 2 is 1.78 bits per heavy atom. The number of aromatic nitrogens is 4. The molecule has 2 N–H and O–H groups in total. The topological polar surface area (TPSA) is 102 Å². The van der Waals surface area contributed by atoms with Gasteiger partial charge in [-0.25, -0.2) is 14.2 Å². The summed E-state index contributed by atoms with van der Waals surface area (Å²) in [5, 5.41) is 18.0. The molecule has 0 unspecified atom stereocenters. The maximum atomic E-state index is 13.9. The summed E-state index contributed by atoms with van der Waals surface area (Å²) in [6.45, 7) is 0. The van der Waals surface area contributed by atoms with Gasteiger partial charge >= 0.3 is 24.2 Å². The summed E-state index contributed by atoms with van der Waals surface area (Å²) < 4.78 is 108. The largest absolute Gasteiger partial charge is 0.480 e. The lowest BCUT2D eigenvalue weighted by Gasteiger charge is -2.19. The molecule has 1 saturated carbocycles. The molecule has 37 heavy (non-hydrogen) atoms. The van der Waals surface area contributed by atoms with Crippen LogP contribution in [0.4, 0.5) is 35.1 Å². The molecule has 18 heteroatoms. The van der Waals surface area contributed by atoms with Gasteiger partial charge < -0.3 is 10.4 Å². The fourth-order valence-electron chi connectivity index (χ4n) is 3.43. The van der Waals surface area contributed by atoms with Gasteiger partial charge in [0.2, 0.25) is 0 Å². The summed E-state index contributed by atoms with van der Waals surface area (Å²) in [6, 6.07) is 1.21. The maximum absolute atomic E-state index is 13.9. The van der Waals surface area contributed by atoms with E-state index in [0.717, 1.165) is 30.8 Å². The molecular weight excluding hydrogens is 566 g/mol. The lowest BCUT2D eigenvalue weighted by molar-refractivity contribution is -0.292. The van der Waals surface area contributed by atoms with E-state index in [4.69, 9.17) is 11.6 Å². The molecule has 3 aromatic rings. The summed E-state index contributed by atoms with van der Waals surface area (Å²) in [5.74, 6) is -9.18. The number of rotatable bonds is 6. The monoisotopic (exact) mass is 577 g/mol. The number of thiophene rings is 1. The van der Waals surface area contributed by atoms with E-state index in [2.05, 4.69) is 15.5 Å². The van der Waals surface area contributed by atoms with Gasteiger partial charge in [-0.1, -0.05) is 11.6 Å². The van der Waals surface area contributed by atoms with Crippen molar-refractivity contribution >= 4 is 34.8 Å². The molecule has 200 valence electrons. The summed E-state index contributed by atoms with van der Waals surface area (Å²) in [4.78, 5) is 24.0. The number of halogens is 9. The van der Waals surface area contributed by atoms with Crippen molar-refractivity contribution in [2.45, 2.75) is 36.7 Å². The molecule has 0 radical (unpaired) electrons. The van der Waals surface area contributed by atoms with Crippen molar-refractivity contribution in [2.24, 2.45) is 7.05 Å². The van der Waals surface area contributed by atoms with Crippen LogP contribution in [0.15, 0.2) is 18.5 Å². The van der Waals surface area contributed by atoms with E-state index >= 15 is 0 Å². The first-order valence-electron chi connectivity index (χ1n) is 9.89. The third-order valence-corrected chi connectivity index (χ3v) is 6.89. The predicted molar refractivity (Wildman–Crippen MR) is 111 cm³/mol. The fraction of sp³-hybridized carbons (Fsp3) is 0.368. The highest BCUT2D eigenvalue weighted by molar-refractivity contribution is 7.19. The Morgan fingerprint density at radius 1 is 1.16 bits per heavy atom. The van der Waals surface area contributed by atoms with Crippen molar-refractivity contribution in [1.82, 2.24) is 24.9 Å². The minimum Gasteiger partial charge on any atom is -0.480 e. The van der Waals surface area contributed by atoms with Crippen molar-refractivity contribution in [2.75, 3.05) is 0 Å². The number of aryl methyl sites for hydroxylation is 1. The van der Waals surface area contributed by atoms with Gasteiger partial charge in [-0.15, -0.1) is 11.3 Å². The number of aliphatic carboxylic acids is 1. The van der Waals surface area contributed by atoms with E-state index < -0.39 is 52.8 Å². The fourth-order valence-corrected chi connectivity index (χ4v) is 4.67. The lowest BCUT2D eigenvalue weighted by atomic mass is 10.1. The summed E-state index contributed by atoms with van der Waals surface area (Å²) in [6.07, 6.45) is -9.74. The Labute approximate surface area is 209 Å². The van der Waals surface area contributed by atoms with E-state index in [9.17, 15) is 49.8 Å². The van der Waals surface area contributed by atoms with Crippen LogP contribution in [0.5, 0.6) is 0 Å². The van der Waals surface area contributed by atoms with Crippen molar-refractivity contribution in [3.63, 3.8) is 0 Å². The molecule has 0 aliphatic heterocycles. The van der Waals surface area contributed by atoms with E-state index in [1.54, 1.807) is 0 Å². The lowest BCUT2D eigenvalue weighted by Crippen LogP contribution is -2.43. The molecule has 0 saturated heterocycles. The average molecular weight is 578 g/mol. The first-order chi connectivity index (χ1) is 16.9. The SMILES string of the molecule is Cn1nc(C(F)(F)C(F)(F)F)c(C(F)(F)F)c1-n1cc(-c2cc(C(=O)NC3(C(=O)O)CC3)c(Cl)s2)cn1. The first-order valence-corrected chi connectivity index (χ1v) is 11.1. The molecule has 0 bridgehead atoms. The minimum absolute atomic E-state index is 0.0313. The second-order valence-corrected chi connectivity index (χ2v) is 9.71. The predicted octanol–water partition coefficient (Wildman–Crippen LogP) is 5.01. The number of alkyl halides is 8. The Kier molecular flexibility index (Phi) is 6.10. The average Bonchev–Trinajstić information content (AvgIpc) is 3.09. The van der Waals surface area contributed by atoms with Gasteiger partial charge in [0.1, 0.15) is 15.4 Å². The molecule has 3 aromatic heterocycles. The van der Waals surface area contributed by atoms with E-state index in [1.807, 2.05) is 0 Å². The van der Waals surface area contributed by atoms with Crippen LogP contribution in [0.3, 0.4) is 0 Å². The van der Waals surface area contributed by atoms with Crippen LogP contribution in [0.2, 0.25) is 4.34 Å². The molecule has 1 aliphatic rings. The number of nitrogens with zero attached hydrogens (tertiary/aromatic N) is 4.